The van der Waals surface area contributed by atoms with E-state index < -0.39 is 36.1 Å². The van der Waals surface area contributed by atoms with E-state index in [0.29, 0.717) is 38.5 Å². The van der Waals surface area contributed by atoms with Crippen molar-refractivity contribution in [2.45, 2.75) is 116 Å². The van der Waals surface area contributed by atoms with E-state index in [1.165, 1.54) is 0 Å². The zero-order valence-electron chi connectivity index (χ0n) is 20.1. The van der Waals surface area contributed by atoms with Gasteiger partial charge in [0.2, 0.25) is 0 Å². The SMILES string of the molecule is CC(C)OC(CCCCCC(=O)O)C(=O)O.CC(C)OC(CCCCCC(=O)O)C(=O)O.[Ti]. The van der Waals surface area contributed by atoms with Crippen molar-refractivity contribution in [1.82, 2.24) is 0 Å². The molecule has 0 bridgehead atoms. The largest absolute Gasteiger partial charge is 0.481 e. The van der Waals surface area contributed by atoms with E-state index in [4.69, 9.17) is 29.9 Å². The van der Waals surface area contributed by atoms with Crippen LogP contribution in [-0.4, -0.2) is 68.7 Å². The van der Waals surface area contributed by atoms with E-state index in [1.54, 1.807) is 27.7 Å². The van der Waals surface area contributed by atoms with Gasteiger partial charge in [-0.15, -0.1) is 0 Å². The van der Waals surface area contributed by atoms with E-state index in [-0.39, 0.29) is 46.8 Å². The van der Waals surface area contributed by atoms with Gasteiger partial charge < -0.3 is 29.9 Å². The van der Waals surface area contributed by atoms with Crippen LogP contribution in [0.3, 0.4) is 0 Å². The summed E-state index contributed by atoms with van der Waals surface area (Å²) >= 11 is 0. The predicted molar refractivity (Wildman–Crippen MR) is 117 cm³/mol. The van der Waals surface area contributed by atoms with Gasteiger partial charge in [0.1, 0.15) is 0 Å². The van der Waals surface area contributed by atoms with Crippen molar-refractivity contribution in [2.75, 3.05) is 0 Å². The molecule has 2 atom stereocenters. The van der Waals surface area contributed by atoms with Gasteiger partial charge >= 0.3 is 23.9 Å². The molecule has 11 heteroatoms. The molecule has 0 fully saturated rings. The van der Waals surface area contributed by atoms with Crippen LogP contribution in [0.5, 0.6) is 0 Å². The van der Waals surface area contributed by atoms with E-state index in [2.05, 4.69) is 0 Å². The van der Waals surface area contributed by atoms with Gasteiger partial charge in [-0.2, -0.15) is 0 Å². The Labute approximate surface area is 210 Å². The summed E-state index contributed by atoms with van der Waals surface area (Å²) in [7, 11) is 0. The summed E-state index contributed by atoms with van der Waals surface area (Å²) in [5.41, 5.74) is 0. The van der Waals surface area contributed by atoms with Gasteiger partial charge in [0.15, 0.2) is 12.2 Å². The van der Waals surface area contributed by atoms with Crippen LogP contribution in [0.1, 0.15) is 91.9 Å². The van der Waals surface area contributed by atoms with Gasteiger partial charge in [-0.25, -0.2) is 9.59 Å². The maximum Gasteiger partial charge on any atom is 0.332 e. The summed E-state index contributed by atoms with van der Waals surface area (Å²) in [5, 5.41) is 34.5. The number of hydrogen-bond donors (Lipinski definition) is 4. The molecule has 0 aliphatic rings. The van der Waals surface area contributed by atoms with Crippen LogP contribution >= 0.6 is 0 Å². The van der Waals surface area contributed by atoms with Gasteiger partial charge in [-0.3, -0.25) is 9.59 Å². The number of hydrogen-bond acceptors (Lipinski definition) is 6. The first-order valence-electron chi connectivity index (χ1n) is 11.1. The van der Waals surface area contributed by atoms with Crippen molar-refractivity contribution in [2.24, 2.45) is 0 Å². The molecular weight excluding hydrogens is 472 g/mol. The summed E-state index contributed by atoms with van der Waals surface area (Å²) in [6.45, 7) is 7.17. The second-order valence-electron chi connectivity index (χ2n) is 8.01. The van der Waals surface area contributed by atoms with Crippen molar-refractivity contribution >= 4 is 23.9 Å². The van der Waals surface area contributed by atoms with Gasteiger partial charge in [0, 0.05) is 34.6 Å². The summed E-state index contributed by atoms with van der Waals surface area (Å²) < 4.78 is 10.4. The third-order valence-corrected chi connectivity index (χ3v) is 4.14. The van der Waals surface area contributed by atoms with E-state index in [1.807, 2.05) is 0 Å². The number of aliphatic carboxylic acids is 4. The first-order chi connectivity index (χ1) is 14.9. The van der Waals surface area contributed by atoms with Gasteiger partial charge in [-0.05, 0) is 53.4 Å². The molecule has 33 heavy (non-hydrogen) atoms. The predicted octanol–water partition coefficient (Wildman–Crippen LogP) is 3.80. The average Bonchev–Trinajstić information content (AvgIpc) is 2.64. The molecule has 0 aliphatic carbocycles. The van der Waals surface area contributed by atoms with Crippen molar-refractivity contribution in [1.29, 1.82) is 0 Å². The van der Waals surface area contributed by atoms with Crippen LogP contribution < -0.4 is 0 Å². The summed E-state index contributed by atoms with van der Waals surface area (Å²) in [4.78, 5) is 42.0. The molecule has 0 saturated heterocycles. The quantitative estimate of drug-likeness (QED) is 0.157. The maximum atomic E-state index is 10.8. The van der Waals surface area contributed by atoms with Crippen LogP contribution in [-0.2, 0) is 50.4 Å². The zero-order valence-corrected chi connectivity index (χ0v) is 21.7. The fourth-order valence-electron chi connectivity index (χ4n) is 2.72. The average molecular weight is 512 g/mol. The van der Waals surface area contributed by atoms with Crippen LogP contribution in [0.25, 0.3) is 0 Å². The molecule has 0 aliphatic heterocycles. The van der Waals surface area contributed by atoms with Crippen LogP contribution in [0.15, 0.2) is 0 Å². The molecule has 0 saturated carbocycles. The van der Waals surface area contributed by atoms with Gasteiger partial charge in [0.25, 0.3) is 0 Å². The number of carbonyl (C=O) groups is 4. The number of carboxylic acid groups (broad SMARTS) is 4. The third kappa shape index (κ3) is 26.6. The van der Waals surface area contributed by atoms with Crippen LogP contribution in [0.2, 0.25) is 0 Å². The fourth-order valence-corrected chi connectivity index (χ4v) is 2.72. The Morgan fingerprint density at radius 2 is 0.879 bits per heavy atom. The maximum absolute atomic E-state index is 10.8. The third-order valence-electron chi connectivity index (χ3n) is 4.14. The molecule has 10 nitrogen and oxygen atoms in total. The number of ether oxygens (including phenoxy) is 2. The zero-order chi connectivity index (χ0) is 25.1. The molecule has 0 spiro atoms. The number of carboxylic acids is 4. The second kappa shape index (κ2) is 22.3. The van der Waals surface area contributed by atoms with E-state index >= 15 is 0 Å². The first-order valence-corrected chi connectivity index (χ1v) is 11.1. The van der Waals surface area contributed by atoms with Crippen molar-refractivity contribution in [3.8, 4) is 0 Å². The molecule has 0 aromatic heterocycles. The molecule has 0 heterocycles. The Bertz CT molecular complexity index is 503. The van der Waals surface area contributed by atoms with Gasteiger partial charge in [0.05, 0.1) is 12.2 Å². The molecule has 0 aromatic rings. The fraction of sp³-hybridized carbons (Fsp3) is 0.818. The molecule has 0 radical (unpaired) electrons. The summed E-state index contributed by atoms with van der Waals surface area (Å²) in [6, 6.07) is 0. The molecular formula is C22H40O10Ti. The topological polar surface area (TPSA) is 168 Å². The normalized spacial score (nSPS) is 12.3. The minimum absolute atomic E-state index is 0. The van der Waals surface area contributed by atoms with Crippen LogP contribution in [0, 0.1) is 0 Å². The Morgan fingerprint density at radius 1 is 0.576 bits per heavy atom. The number of unbranched alkanes of at least 4 members (excludes halogenated alkanes) is 4. The molecule has 0 rings (SSSR count). The van der Waals surface area contributed by atoms with Crippen molar-refractivity contribution < 1.29 is 70.8 Å². The Morgan fingerprint density at radius 3 is 1.09 bits per heavy atom. The Hall–Kier alpha value is -1.49. The molecule has 192 valence electrons. The molecule has 2 unspecified atom stereocenters. The van der Waals surface area contributed by atoms with E-state index in [9.17, 15) is 19.2 Å². The van der Waals surface area contributed by atoms with Gasteiger partial charge in [-0.1, -0.05) is 25.7 Å². The summed E-state index contributed by atoms with van der Waals surface area (Å²) in [6.07, 6.45) is 3.36. The smallest absolute Gasteiger partial charge is 0.332 e. The molecule has 0 amide bonds. The monoisotopic (exact) mass is 512 g/mol. The van der Waals surface area contributed by atoms with Crippen LogP contribution in [0.4, 0.5) is 0 Å². The minimum atomic E-state index is -0.952. The Balaban J connectivity index is -0.000000529. The standard InChI is InChI=1S/2C11H20O5.Ti/c2*1-8(2)16-9(11(14)15)6-4-3-5-7-10(12)13;/h2*8-9H,3-7H2,1-2H3,(H,12,13)(H,14,15);. The Kier molecular flexibility index (Phi) is 24.4. The molecule has 0 aromatic carbocycles. The summed E-state index contributed by atoms with van der Waals surface area (Å²) in [5.74, 6) is -3.53. The number of rotatable bonds is 18. The molecule has 4 N–H and O–H groups in total. The van der Waals surface area contributed by atoms with E-state index in [0.717, 1.165) is 12.8 Å². The minimum Gasteiger partial charge on any atom is -0.481 e. The first kappa shape index (κ1) is 36.1. The van der Waals surface area contributed by atoms with Crippen molar-refractivity contribution in [3.05, 3.63) is 0 Å². The van der Waals surface area contributed by atoms with Crippen molar-refractivity contribution in [3.63, 3.8) is 0 Å². The second-order valence-corrected chi connectivity index (χ2v) is 8.01.